The Morgan fingerprint density at radius 1 is 1.35 bits per heavy atom. The molecule has 0 atom stereocenters. The van der Waals surface area contributed by atoms with E-state index in [1.54, 1.807) is 22.7 Å². The number of nitrogens with one attached hydrogen (secondary N) is 1. The van der Waals surface area contributed by atoms with Crippen molar-refractivity contribution in [2.45, 2.75) is 32.1 Å². The summed E-state index contributed by atoms with van der Waals surface area (Å²) in [6.45, 7) is 1.47. The summed E-state index contributed by atoms with van der Waals surface area (Å²) in [6, 6.07) is 8.85. The van der Waals surface area contributed by atoms with Crippen LogP contribution in [-0.4, -0.2) is 32.8 Å². The van der Waals surface area contributed by atoms with Crippen molar-refractivity contribution in [2.24, 2.45) is 0 Å². The second-order valence-electron chi connectivity index (χ2n) is 5.82. The van der Waals surface area contributed by atoms with E-state index in [1.165, 1.54) is 17.5 Å². The van der Waals surface area contributed by atoms with Crippen LogP contribution in [0, 0.1) is 3.95 Å². The lowest BCUT2D eigenvalue weighted by Gasteiger charge is -2.14. The maximum Gasteiger partial charge on any atom is 0.204 e. The molecule has 5 nitrogen and oxygen atoms in total. The molecule has 1 saturated carbocycles. The highest BCUT2D eigenvalue weighted by Gasteiger charge is 2.22. The third-order valence-electron chi connectivity index (χ3n) is 3.63. The molecule has 0 spiro atoms. The van der Waals surface area contributed by atoms with Gasteiger partial charge in [0.25, 0.3) is 0 Å². The van der Waals surface area contributed by atoms with Crippen molar-refractivity contribution >= 4 is 50.2 Å². The molecular weight excluding hydrogens is 346 g/mol. The van der Waals surface area contributed by atoms with E-state index in [4.69, 9.17) is 12.2 Å². The quantitative estimate of drug-likeness (QED) is 0.672. The molecule has 4 rings (SSSR count). The number of nitrogens with zero attached hydrogens (tertiary/aromatic N) is 4. The van der Waals surface area contributed by atoms with Gasteiger partial charge in [0.1, 0.15) is 5.01 Å². The van der Waals surface area contributed by atoms with Crippen molar-refractivity contribution in [3.05, 3.63) is 33.2 Å². The number of thiazole rings is 1. The molecule has 2 aromatic heterocycles. The van der Waals surface area contributed by atoms with Gasteiger partial charge in [-0.05, 0) is 44.2 Å². The second-order valence-corrected chi connectivity index (χ2v) is 8.56. The lowest BCUT2D eigenvalue weighted by atomic mass is 10.3. The van der Waals surface area contributed by atoms with Crippen LogP contribution in [0.2, 0.25) is 0 Å². The minimum Gasteiger partial charge on any atom is -0.357 e. The standard InChI is InChI=1S/C15H17N5S3/c1-19(8-13-17-11-4-2-3-5-12(11)22-13)9-20-15(21)23-14(18-20)16-10-6-7-10/h2-5,10H,6-9H2,1H3,(H,16,18). The molecule has 3 aromatic rings. The van der Waals surface area contributed by atoms with Crippen molar-refractivity contribution in [2.75, 3.05) is 12.4 Å². The Morgan fingerprint density at radius 3 is 2.96 bits per heavy atom. The number of hydrogen-bond donors (Lipinski definition) is 1. The van der Waals surface area contributed by atoms with Crippen LogP contribution in [0.25, 0.3) is 10.2 Å². The van der Waals surface area contributed by atoms with Crippen molar-refractivity contribution in [1.29, 1.82) is 0 Å². The maximum absolute atomic E-state index is 5.42. The van der Waals surface area contributed by atoms with Crippen molar-refractivity contribution in [3.63, 3.8) is 0 Å². The SMILES string of the molecule is CN(Cc1nc2ccccc2s1)Cn1nc(NC2CC2)sc1=S. The van der Waals surface area contributed by atoms with Crippen LogP contribution >= 0.6 is 34.9 Å². The zero-order chi connectivity index (χ0) is 15.8. The van der Waals surface area contributed by atoms with E-state index in [-0.39, 0.29) is 0 Å². The van der Waals surface area contributed by atoms with Gasteiger partial charge in [-0.1, -0.05) is 23.5 Å². The molecule has 0 saturated heterocycles. The molecule has 0 radical (unpaired) electrons. The fourth-order valence-electron chi connectivity index (χ4n) is 2.35. The van der Waals surface area contributed by atoms with E-state index >= 15 is 0 Å². The molecular formula is C15H17N5S3. The first-order valence-corrected chi connectivity index (χ1v) is 9.59. The maximum atomic E-state index is 5.42. The molecule has 1 aliphatic carbocycles. The van der Waals surface area contributed by atoms with Crippen molar-refractivity contribution in [1.82, 2.24) is 19.7 Å². The lowest BCUT2D eigenvalue weighted by Crippen LogP contribution is -2.22. The number of rotatable bonds is 6. The van der Waals surface area contributed by atoms with E-state index in [1.807, 2.05) is 10.7 Å². The van der Waals surface area contributed by atoms with Crippen molar-refractivity contribution in [3.8, 4) is 0 Å². The van der Waals surface area contributed by atoms with Gasteiger partial charge in [0.2, 0.25) is 5.13 Å². The van der Waals surface area contributed by atoms with Gasteiger partial charge in [0.15, 0.2) is 3.95 Å². The van der Waals surface area contributed by atoms with Crippen LogP contribution in [-0.2, 0) is 13.2 Å². The van der Waals surface area contributed by atoms with E-state index in [0.29, 0.717) is 12.7 Å². The van der Waals surface area contributed by atoms with Gasteiger partial charge in [-0.3, -0.25) is 4.90 Å². The number of aromatic nitrogens is 3. The predicted octanol–water partition coefficient (Wildman–Crippen LogP) is 3.95. The molecule has 23 heavy (non-hydrogen) atoms. The summed E-state index contributed by atoms with van der Waals surface area (Å²) in [5.74, 6) is 0. The van der Waals surface area contributed by atoms with Gasteiger partial charge in [-0.15, -0.1) is 16.4 Å². The van der Waals surface area contributed by atoms with E-state index in [2.05, 4.69) is 45.5 Å². The molecule has 1 fully saturated rings. The zero-order valence-electron chi connectivity index (χ0n) is 12.7. The molecule has 0 aliphatic heterocycles. The summed E-state index contributed by atoms with van der Waals surface area (Å²) in [5.41, 5.74) is 1.07. The summed E-state index contributed by atoms with van der Waals surface area (Å²) >= 11 is 8.72. The molecule has 8 heteroatoms. The Bertz CT molecular complexity index is 844. The fourth-order valence-corrected chi connectivity index (χ4v) is 4.47. The number of anilines is 1. The molecule has 2 heterocycles. The average Bonchev–Trinajstić information content (AvgIpc) is 3.13. The normalized spacial score (nSPS) is 14.7. The molecule has 0 amide bonds. The Balaban J connectivity index is 1.43. The monoisotopic (exact) mass is 363 g/mol. The van der Waals surface area contributed by atoms with Gasteiger partial charge in [0, 0.05) is 6.04 Å². The zero-order valence-corrected chi connectivity index (χ0v) is 15.2. The Kier molecular flexibility index (Phi) is 4.14. The summed E-state index contributed by atoms with van der Waals surface area (Å²) in [4.78, 5) is 6.87. The van der Waals surface area contributed by atoms with E-state index in [9.17, 15) is 0 Å². The third-order valence-corrected chi connectivity index (χ3v) is 5.89. The largest absolute Gasteiger partial charge is 0.357 e. The molecule has 0 bridgehead atoms. The number of benzene rings is 1. The van der Waals surface area contributed by atoms with E-state index < -0.39 is 0 Å². The summed E-state index contributed by atoms with van der Waals surface area (Å²) in [6.07, 6.45) is 2.48. The number of fused-ring (bicyclic) bond motifs is 1. The van der Waals surface area contributed by atoms with E-state index in [0.717, 1.165) is 26.2 Å². The van der Waals surface area contributed by atoms with Crippen LogP contribution in [0.15, 0.2) is 24.3 Å². The van der Waals surface area contributed by atoms with Crippen molar-refractivity contribution < 1.29 is 0 Å². The van der Waals surface area contributed by atoms with Crippen LogP contribution in [0.5, 0.6) is 0 Å². The average molecular weight is 364 g/mol. The Morgan fingerprint density at radius 2 is 2.17 bits per heavy atom. The first kappa shape index (κ1) is 15.2. The summed E-state index contributed by atoms with van der Waals surface area (Å²) in [5, 5.41) is 10.0. The van der Waals surface area contributed by atoms with Gasteiger partial charge in [-0.2, -0.15) is 0 Å². The lowest BCUT2D eigenvalue weighted by molar-refractivity contribution is 0.245. The molecule has 120 valence electrons. The second kappa shape index (κ2) is 6.27. The fraction of sp³-hybridized carbons (Fsp3) is 0.400. The number of hydrogen-bond acceptors (Lipinski definition) is 7. The topological polar surface area (TPSA) is 46.0 Å². The van der Waals surface area contributed by atoms with Crippen LogP contribution in [0.1, 0.15) is 17.8 Å². The molecule has 1 N–H and O–H groups in total. The minimum atomic E-state index is 0.601. The molecule has 0 unspecified atom stereocenters. The molecule has 1 aromatic carbocycles. The van der Waals surface area contributed by atoms with Gasteiger partial charge in [-0.25, -0.2) is 9.67 Å². The van der Waals surface area contributed by atoms with Crippen LogP contribution < -0.4 is 5.32 Å². The van der Waals surface area contributed by atoms with Gasteiger partial charge in [0.05, 0.1) is 23.4 Å². The van der Waals surface area contributed by atoms with Gasteiger partial charge < -0.3 is 5.32 Å². The summed E-state index contributed by atoms with van der Waals surface area (Å²) in [7, 11) is 2.07. The summed E-state index contributed by atoms with van der Waals surface area (Å²) < 4.78 is 3.93. The van der Waals surface area contributed by atoms with Crippen LogP contribution in [0.4, 0.5) is 5.13 Å². The molecule has 1 aliphatic rings. The minimum absolute atomic E-state index is 0.601. The first-order valence-electron chi connectivity index (χ1n) is 7.55. The Labute approximate surface area is 147 Å². The van der Waals surface area contributed by atoms with Crippen LogP contribution in [0.3, 0.4) is 0 Å². The van der Waals surface area contributed by atoms with Gasteiger partial charge >= 0.3 is 0 Å². The highest BCUT2D eigenvalue weighted by molar-refractivity contribution is 7.73. The predicted molar refractivity (Wildman–Crippen MR) is 98.7 cm³/mol. The highest BCUT2D eigenvalue weighted by Crippen LogP contribution is 2.26. The Hall–Kier alpha value is -1.35. The third kappa shape index (κ3) is 3.60. The smallest absolute Gasteiger partial charge is 0.204 e. The first-order chi connectivity index (χ1) is 11.2. The number of para-hydroxylation sites is 1. The highest BCUT2D eigenvalue weighted by atomic mass is 32.1.